The van der Waals surface area contributed by atoms with E-state index in [0.717, 1.165) is 31.2 Å². The Morgan fingerprint density at radius 3 is 2.71 bits per heavy atom. The fraction of sp³-hybridized carbons (Fsp3) is 0.533. The van der Waals surface area contributed by atoms with E-state index in [1.165, 1.54) is 16.2 Å². The van der Waals surface area contributed by atoms with Crippen LogP contribution in [0.4, 0.5) is 5.00 Å². The minimum atomic E-state index is -0.901. The summed E-state index contributed by atoms with van der Waals surface area (Å²) >= 11 is 1.47. The molecule has 2 aliphatic rings. The van der Waals surface area contributed by atoms with Gasteiger partial charge in [-0.2, -0.15) is 5.26 Å². The number of carboxylic acid groups (broad SMARTS) is 1. The van der Waals surface area contributed by atoms with Crippen LogP contribution in [-0.4, -0.2) is 17.0 Å². The van der Waals surface area contributed by atoms with E-state index in [2.05, 4.69) is 11.4 Å². The van der Waals surface area contributed by atoms with E-state index in [4.69, 9.17) is 5.11 Å². The number of nitrogens with one attached hydrogen (secondary N) is 1. The van der Waals surface area contributed by atoms with Gasteiger partial charge in [0.1, 0.15) is 11.1 Å². The summed E-state index contributed by atoms with van der Waals surface area (Å²) in [6, 6.07) is 2.19. The number of hydrogen-bond donors (Lipinski definition) is 2. The number of carbonyl (C=O) groups is 2. The minimum absolute atomic E-state index is 0.253. The summed E-state index contributed by atoms with van der Waals surface area (Å²) in [7, 11) is 0. The molecule has 0 saturated heterocycles. The molecule has 0 spiro atoms. The molecule has 0 aliphatic heterocycles. The zero-order chi connectivity index (χ0) is 15.0. The summed E-state index contributed by atoms with van der Waals surface area (Å²) in [5.41, 5.74) is 1.64. The Kier molecular flexibility index (Phi) is 3.68. The Labute approximate surface area is 126 Å². The average Bonchev–Trinajstić information content (AvgIpc) is 3.12. The number of hydrogen-bond acceptors (Lipinski definition) is 4. The second kappa shape index (κ2) is 5.49. The molecule has 110 valence electrons. The lowest BCUT2D eigenvalue weighted by Gasteiger charge is -2.15. The number of nitrogens with zero attached hydrogens (tertiary/aromatic N) is 1. The van der Waals surface area contributed by atoms with Crippen molar-refractivity contribution in [2.75, 3.05) is 5.32 Å². The van der Waals surface area contributed by atoms with Crippen molar-refractivity contribution in [2.24, 2.45) is 11.8 Å². The van der Waals surface area contributed by atoms with Gasteiger partial charge in [0.15, 0.2) is 0 Å². The molecule has 21 heavy (non-hydrogen) atoms. The van der Waals surface area contributed by atoms with Crippen LogP contribution in [0.3, 0.4) is 0 Å². The molecule has 1 aromatic heterocycles. The third-order valence-corrected chi connectivity index (χ3v) is 5.65. The first-order chi connectivity index (χ1) is 10.1. The standard InChI is InChI=1S/C15H16N2O3S/c16-7-11-8-3-2-6-12(8)21-14(11)17-13(18)9-4-1-5-10(9)15(19)20/h9-10H,1-6H2,(H,17,18)(H,19,20). The van der Waals surface area contributed by atoms with Crippen LogP contribution in [0.25, 0.3) is 0 Å². The van der Waals surface area contributed by atoms with E-state index in [9.17, 15) is 14.9 Å². The molecule has 0 radical (unpaired) electrons. The van der Waals surface area contributed by atoms with E-state index < -0.39 is 17.8 Å². The molecule has 0 aromatic carbocycles. The Bertz CT molecular complexity index is 644. The van der Waals surface area contributed by atoms with Crippen LogP contribution in [0, 0.1) is 23.2 Å². The monoisotopic (exact) mass is 304 g/mol. The van der Waals surface area contributed by atoms with Gasteiger partial charge in [-0.25, -0.2) is 0 Å². The smallest absolute Gasteiger partial charge is 0.307 e. The molecule has 5 nitrogen and oxygen atoms in total. The quantitative estimate of drug-likeness (QED) is 0.898. The first kappa shape index (κ1) is 14.1. The molecule has 1 heterocycles. The predicted molar refractivity (Wildman–Crippen MR) is 78.2 cm³/mol. The van der Waals surface area contributed by atoms with Crippen LogP contribution in [0.1, 0.15) is 41.7 Å². The highest BCUT2D eigenvalue weighted by molar-refractivity contribution is 7.16. The van der Waals surface area contributed by atoms with E-state index in [-0.39, 0.29) is 5.91 Å². The topological polar surface area (TPSA) is 90.2 Å². The van der Waals surface area contributed by atoms with Crippen LogP contribution in [-0.2, 0) is 22.4 Å². The number of fused-ring (bicyclic) bond motifs is 1. The molecule has 6 heteroatoms. The van der Waals surface area contributed by atoms with Gasteiger partial charge < -0.3 is 10.4 Å². The fourth-order valence-corrected chi connectivity index (χ4v) is 4.63. The summed E-state index contributed by atoms with van der Waals surface area (Å²) in [6.07, 6.45) is 4.85. The molecule has 0 bridgehead atoms. The number of aliphatic carboxylic acids is 1. The number of nitriles is 1. The second-order valence-electron chi connectivity index (χ2n) is 5.64. The lowest BCUT2D eigenvalue weighted by atomic mass is 9.95. The number of carboxylic acids is 1. The maximum Gasteiger partial charge on any atom is 0.307 e. The molecule has 2 unspecified atom stereocenters. The summed E-state index contributed by atoms with van der Waals surface area (Å²) in [4.78, 5) is 24.7. The number of carbonyl (C=O) groups excluding carboxylic acids is 1. The Balaban J connectivity index is 1.80. The van der Waals surface area contributed by atoms with Crippen molar-refractivity contribution in [1.29, 1.82) is 5.26 Å². The van der Waals surface area contributed by atoms with Crippen molar-refractivity contribution in [3.05, 3.63) is 16.0 Å². The van der Waals surface area contributed by atoms with Gasteiger partial charge in [0, 0.05) is 4.88 Å². The van der Waals surface area contributed by atoms with Crippen molar-refractivity contribution >= 4 is 28.2 Å². The maximum atomic E-state index is 12.3. The summed E-state index contributed by atoms with van der Waals surface area (Å²) < 4.78 is 0. The first-order valence-corrected chi connectivity index (χ1v) is 8.01. The number of thiophene rings is 1. The summed E-state index contributed by atoms with van der Waals surface area (Å²) in [5.74, 6) is -2.23. The van der Waals surface area contributed by atoms with Crippen LogP contribution < -0.4 is 5.32 Å². The SMILES string of the molecule is N#Cc1c(NC(=O)C2CCCC2C(=O)O)sc2c1CCC2. The summed E-state index contributed by atoms with van der Waals surface area (Å²) in [6.45, 7) is 0. The third kappa shape index (κ3) is 2.42. The van der Waals surface area contributed by atoms with Gasteiger partial charge in [0.2, 0.25) is 5.91 Å². The first-order valence-electron chi connectivity index (χ1n) is 7.20. The number of rotatable bonds is 3. The molecule has 2 N–H and O–H groups in total. The van der Waals surface area contributed by atoms with Crippen molar-refractivity contribution in [2.45, 2.75) is 38.5 Å². The zero-order valence-corrected chi connectivity index (χ0v) is 12.3. The molecule has 1 fully saturated rings. The largest absolute Gasteiger partial charge is 0.481 e. The molecule has 1 saturated carbocycles. The van der Waals surface area contributed by atoms with Crippen LogP contribution in [0.2, 0.25) is 0 Å². The molecular formula is C15H16N2O3S. The highest BCUT2D eigenvalue weighted by atomic mass is 32.1. The molecule has 2 aliphatic carbocycles. The Hall–Kier alpha value is -1.87. The third-order valence-electron chi connectivity index (χ3n) is 4.44. The van der Waals surface area contributed by atoms with Crippen LogP contribution >= 0.6 is 11.3 Å². The number of anilines is 1. The second-order valence-corrected chi connectivity index (χ2v) is 6.75. The van der Waals surface area contributed by atoms with E-state index in [0.29, 0.717) is 23.4 Å². The van der Waals surface area contributed by atoms with Crippen molar-refractivity contribution in [1.82, 2.24) is 0 Å². The van der Waals surface area contributed by atoms with E-state index >= 15 is 0 Å². The lowest BCUT2D eigenvalue weighted by molar-refractivity contribution is -0.145. The van der Waals surface area contributed by atoms with Crippen LogP contribution in [0.5, 0.6) is 0 Å². The van der Waals surface area contributed by atoms with Crippen molar-refractivity contribution in [3.8, 4) is 6.07 Å². The average molecular weight is 304 g/mol. The van der Waals surface area contributed by atoms with Gasteiger partial charge in [-0.05, 0) is 37.7 Å². The summed E-state index contributed by atoms with van der Waals surface area (Å²) in [5, 5.41) is 21.9. The van der Waals surface area contributed by atoms with Crippen LogP contribution in [0.15, 0.2) is 0 Å². The van der Waals surface area contributed by atoms with E-state index in [1.54, 1.807) is 0 Å². The van der Waals surface area contributed by atoms with E-state index in [1.807, 2.05) is 0 Å². The zero-order valence-electron chi connectivity index (χ0n) is 11.5. The molecule has 2 atom stereocenters. The lowest BCUT2D eigenvalue weighted by Crippen LogP contribution is -2.29. The van der Waals surface area contributed by atoms with Crippen molar-refractivity contribution < 1.29 is 14.7 Å². The number of aryl methyl sites for hydroxylation is 1. The van der Waals surface area contributed by atoms with Gasteiger partial charge in [-0.1, -0.05) is 6.42 Å². The van der Waals surface area contributed by atoms with Gasteiger partial charge in [-0.15, -0.1) is 11.3 Å². The predicted octanol–water partition coefficient (Wildman–Crippen LogP) is 2.55. The minimum Gasteiger partial charge on any atom is -0.481 e. The van der Waals surface area contributed by atoms with Gasteiger partial charge in [-0.3, -0.25) is 9.59 Å². The Morgan fingerprint density at radius 2 is 2.00 bits per heavy atom. The number of amides is 1. The Morgan fingerprint density at radius 1 is 1.24 bits per heavy atom. The highest BCUT2D eigenvalue weighted by Gasteiger charge is 2.38. The maximum absolute atomic E-state index is 12.3. The normalized spacial score (nSPS) is 23.6. The van der Waals surface area contributed by atoms with Gasteiger partial charge >= 0.3 is 5.97 Å². The molecule has 3 rings (SSSR count). The molecular weight excluding hydrogens is 288 g/mol. The molecule has 1 aromatic rings. The fourth-order valence-electron chi connectivity index (χ4n) is 3.38. The van der Waals surface area contributed by atoms with Gasteiger partial charge in [0.25, 0.3) is 0 Å². The van der Waals surface area contributed by atoms with Crippen molar-refractivity contribution in [3.63, 3.8) is 0 Å². The highest BCUT2D eigenvalue weighted by Crippen LogP contribution is 2.40. The molecule has 1 amide bonds. The van der Waals surface area contributed by atoms with Gasteiger partial charge in [0.05, 0.1) is 17.4 Å².